The number of aromatic nitrogens is 2. The Morgan fingerprint density at radius 1 is 0.871 bits per heavy atom. The molecule has 1 aliphatic heterocycles. The lowest BCUT2D eigenvalue weighted by Crippen LogP contribution is -2.32. The van der Waals surface area contributed by atoms with E-state index in [2.05, 4.69) is 4.98 Å². The number of nitrogens with zero attached hydrogens (tertiary/aromatic N) is 3. The molecule has 8 heteroatoms. The van der Waals surface area contributed by atoms with Gasteiger partial charge in [0.05, 0.1) is 22.4 Å². The van der Waals surface area contributed by atoms with Gasteiger partial charge in [0.15, 0.2) is 0 Å². The number of fused-ring (bicyclic) bond motifs is 2. The fourth-order valence-electron chi connectivity index (χ4n) is 3.29. The summed E-state index contributed by atoms with van der Waals surface area (Å²) < 4.78 is 7.62. The fourth-order valence-corrected chi connectivity index (χ4v) is 3.29. The first-order chi connectivity index (χ1) is 15.1. The van der Waals surface area contributed by atoms with Crippen molar-refractivity contribution < 1.29 is 24.0 Å². The van der Waals surface area contributed by atoms with Crippen LogP contribution in [0.4, 0.5) is 0 Å². The third kappa shape index (κ3) is 3.40. The minimum Gasteiger partial charge on any atom is -0.487 e. The molecule has 2 aromatic carbocycles. The van der Waals surface area contributed by atoms with Crippen molar-refractivity contribution in [2.24, 2.45) is 0 Å². The zero-order valence-electron chi connectivity index (χ0n) is 16.1. The molecule has 0 bridgehead atoms. The van der Waals surface area contributed by atoms with Crippen LogP contribution in [0.5, 0.6) is 5.75 Å². The molecule has 0 unspecified atom stereocenters. The van der Waals surface area contributed by atoms with Crippen molar-refractivity contribution in [3.05, 3.63) is 102 Å². The second-order valence-corrected chi connectivity index (χ2v) is 6.84. The summed E-state index contributed by atoms with van der Waals surface area (Å²) in [6.07, 6.45) is 3.78. The van der Waals surface area contributed by atoms with Gasteiger partial charge in [-0.3, -0.25) is 9.59 Å². The summed E-state index contributed by atoms with van der Waals surface area (Å²) in [5.41, 5.74) is 2.18. The highest BCUT2D eigenvalue weighted by Gasteiger charge is 2.38. The van der Waals surface area contributed by atoms with Gasteiger partial charge in [0.2, 0.25) is 0 Å². The number of imidazole rings is 1. The Bertz CT molecular complexity index is 1260. The maximum absolute atomic E-state index is 12.4. The average molecular weight is 413 g/mol. The van der Waals surface area contributed by atoms with Crippen molar-refractivity contribution in [3.63, 3.8) is 0 Å². The highest BCUT2D eigenvalue weighted by molar-refractivity contribution is 6.21. The fraction of sp³-hybridized carbons (Fsp3) is 0.0435. The normalized spacial score (nSPS) is 12.8. The monoisotopic (exact) mass is 413 g/mol. The van der Waals surface area contributed by atoms with Crippen LogP contribution in [0, 0.1) is 0 Å². The number of imide groups is 1. The highest BCUT2D eigenvalue weighted by Crippen LogP contribution is 2.23. The second kappa shape index (κ2) is 7.42. The molecule has 4 aromatic rings. The van der Waals surface area contributed by atoms with Crippen molar-refractivity contribution in [2.75, 3.05) is 0 Å². The second-order valence-electron chi connectivity index (χ2n) is 6.84. The molecular formula is C23H15N3O5. The first kappa shape index (κ1) is 18.6. The SMILES string of the molecule is O=C(ON1C(=O)c2ccccc2C1=O)c1ccc(OCc2cn3ccccc3n2)cc1. The van der Waals surface area contributed by atoms with Crippen LogP contribution in [0.1, 0.15) is 36.8 Å². The molecule has 152 valence electrons. The molecule has 3 heterocycles. The predicted octanol–water partition coefficient (Wildman–Crippen LogP) is 3.28. The molecule has 31 heavy (non-hydrogen) atoms. The molecule has 0 saturated heterocycles. The lowest BCUT2D eigenvalue weighted by molar-refractivity contribution is -0.0584. The molecular weight excluding hydrogens is 398 g/mol. The predicted molar refractivity (Wildman–Crippen MR) is 108 cm³/mol. The van der Waals surface area contributed by atoms with E-state index < -0.39 is 17.8 Å². The smallest absolute Gasteiger partial charge is 0.363 e. The molecule has 0 radical (unpaired) electrons. The Balaban J connectivity index is 1.23. The number of benzene rings is 2. The van der Waals surface area contributed by atoms with Gasteiger partial charge in [0, 0.05) is 12.4 Å². The Labute approximate surface area is 176 Å². The lowest BCUT2D eigenvalue weighted by atomic mass is 10.1. The van der Waals surface area contributed by atoms with E-state index in [1.165, 1.54) is 24.3 Å². The Kier molecular flexibility index (Phi) is 4.44. The number of pyridine rings is 1. The first-order valence-corrected chi connectivity index (χ1v) is 9.46. The Morgan fingerprint density at radius 3 is 2.23 bits per heavy atom. The van der Waals surface area contributed by atoms with Gasteiger partial charge in [-0.1, -0.05) is 23.3 Å². The number of amides is 2. The van der Waals surface area contributed by atoms with E-state index in [-0.39, 0.29) is 23.3 Å². The third-order valence-corrected chi connectivity index (χ3v) is 4.82. The van der Waals surface area contributed by atoms with E-state index in [1.54, 1.807) is 24.3 Å². The highest BCUT2D eigenvalue weighted by atomic mass is 16.7. The van der Waals surface area contributed by atoms with Crippen molar-refractivity contribution in [1.29, 1.82) is 0 Å². The van der Waals surface area contributed by atoms with E-state index in [9.17, 15) is 14.4 Å². The van der Waals surface area contributed by atoms with E-state index in [0.29, 0.717) is 10.8 Å². The van der Waals surface area contributed by atoms with Gasteiger partial charge >= 0.3 is 5.97 Å². The van der Waals surface area contributed by atoms with Crippen LogP contribution in [-0.4, -0.2) is 32.2 Å². The quantitative estimate of drug-likeness (QED) is 0.467. The zero-order chi connectivity index (χ0) is 21.4. The molecule has 2 aromatic heterocycles. The Morgan fingerprint density at radius 2 is 1.55 bits per heavy atom. The summed E-state index contributed by atoms with van der Waals surface area (Å²) in [6, 6.07) is 18.2. The van der Waals surface area contributed by atoms with Crippen molar-refractivity contribution >= 4 is 23.4 Å². The van der Waals surface area contributed by atoms with Gasteiger partial charge in [-0.05, 0) is 48.5 Å². The van der Waals surface area contributed by atoms with E-state index in [1.807, 2.05) is 35.0 Å². The lowest BCUT2D eigenvalue weighted by Gasteiger charge is -2.13. The average Bonchev–Trinajstić information content (AvgIpc) is 3.33. The van der Waals surface area contributed by atoms with E-state index in [4.69, 9.17) is 9.57 Å². The molecule has 5 rings (SSSR count). The van der Waals surface area contributed by atoms with Crippen LogP contribution in [0.2, 0.25) is 0 Å². The van der Waals surface area contributed by atoms with Crippen LogP contribution < -0.4 is 4.74 Å². The third-order valence-electron chi connectivity index (χ3n) is 4.82. The molecule has 0 fully saturated rings. The summed E-state index contributed by atoms with van der Waals surface area (Å²) in [5, 5.41) is 0.487. The molecule has 1 aliphatic rings. The first-order valence-electron chi connectivity index (χ1n) is 9.46. The van der Waals surface area contributed by atoms with Crippen LogP contribution >= 0.6 is 0 Å². The topological polar surface area (TPSA) is 90.2 Å². The minimum absolute atomic E-state index is 0.177. The number of rotatable bonds is 5. The summed E-state index contributed by atoms with van der Waals surface area (Å²) in [4.78, 5) is 46.5. The molecule has 0 saturated carbocycles. The van der Waals surface area contributed by atoms with Gasteiger partial charge in [0.1, 0.15) is 18.0 Å². The molecule has 8 nitrogen and oxygen atoms in total. The summed E-state index contributed by atoms with van der Waals surface area (Å²) in [5.74, 6) is -1.61. The number of hydrogen-bond donors (Lipinski definition) is 0. The number of carbonyl (C=O) groups is 3. The van der Waals surface area contributed by atoms with Crippen molar-refractivity contribution in [1.82, 2.24) is 14.4 Å². The van der Waals surface area contributed by atoms with Crippen molar-refractivity contribution in [3.8, 4) is 5.75 Å². The molecule has 0 atom stereocenters. The minimum atomic E-state index is -0.818. The number of hydrogen-bond acceptors (Lipinski definition) is 6. The number of hydroxylamine groups is 2. The van der Waals surface area contributed by atoms with Crippen LogP contribution in [0.25, 0.3) is 5.65 Å². The molecule has 2 amide bonds. The van der Waals surface area contributed by atoms with Crippen LogP contribution in [0.3, 0.4) is 0 Å². The largest absolute Gasteiger partial charge is 0.487 e. The van der Waals surface area contributed by atoms with E-state index in [0.717, 1.165) is 11.3 Å². The van der Waals surface area contributed by atoms with Crippen molar-refractivity contribution in [2.45, 2.75) is 6.61 Å². The van der Waals surface area contributed by atoms with Crippen LogP contribution in [-0.2, 0) is 11.4 Å². The molecule has 0 aliphatic carbocycles. The molecule has 0 spiro atoms. The standard InChI is InChI=1S/C23H15N3O5/c27-21-18-5-1-2-6-19(18)22(28)26(21)31-23(29)15-8-10-17(11-9-15)30-14-16-13-25-12-4-3-7-20(25)24-16/h1-13H,14H2. The van der Waals surface area contributed by atoms with Gasteiger partial charge in [-0.25, -0.2) is 9.78 Å². The zero-order valence-corrected chi connectivity index (χ0v) is 16.1. The van der Waals surface area contributed by atoms with Crippen LogP contribution in [0.15, 0.2) is 79.1 Å². The van der Waals surface area contributed by atoms with Gasteiger partial charge in [0.25, 0.3) is 11.8 Å². The van der Waals surface area contributed by atoms with Gasteiger partial charge in [-0.15, -0.1) is 0 Å². The summed E-state index contributed by atoms with van der Waals surface area (Å²) in [6.45, 7) is 0.264. The van der Waals surface area contributed by atoms with E-state index >= 15 is 0 Å². The van der Waals surface area contributed by atoms with Gasteiger partial charge < -0.3 is 14.0 Å². The Hall–Kier alpha value is -4.46. The number of carbonyl (C=O) groups excluding carboxylic acids is 3. The number of ether oxygens (including phenoxy) is 1. The maximum Gasteiger partial charge on any atom is 0.363 e. The maximum atomic E-state index is 12.4. The summed E-state index contributed by atoms with van der Waals surface area (Å²) >= 11 is 0. The molecule has 0 N–H and O–H groups in total. The van der Waals surface area contributed by atoms with Gasteiger partial charge in [-0.2, -0.15) is 0 Å². The summed E-state index contributed by atoms with van der Waals surface area (Å²) in [7, 11) is 0.